The third kappa shape index (κ3) is 4.16. The molecule has 1 N–H and O–H groups in total. The molecule has 0 aromatic heterocycles. The minimum absolute atomic E-state index is 0.230. The van der Waals surface area contributed by atoms with E-state index >= 15 is 0 Å². The van der Waals surface area contributed by atoms with Crippen molar-refractivity contribution in [1.82, 2.24) is 0 Å². The van der Waals surface area contributed by atoms with E-state index in [1.54, 1.807) is 0 Å². The standard InChI is InChI=1S/C21H22ClN7O/c1-14-5-6-16(13-25-29-23)19-18(14)27-21(7-9-30-10-8-21)20(26-19)28-24-12-15-3-2-4-17(22)11-15/h2-6,11,27H,7-10,12-13H2,1H3. The van der Waals surface area contributed by atoms with E-state index in [9.17, 15) is 0 Å². The molecule has 2 aromatic carbocycles. The molecule has 2 aliphatic rings. The van der Waals surface area contributed by atoms with Crippen LogP contribution in [0.4, 0.5) is 11.4 Å². The Balaban J connectivity index is 1.72. The highest BCUT2D eigenvalue weighted by Crippen LogP contribution is 2.42. The first-order valence-electron chi connectivity index (χ1n) is 9.82. The van der Waals surface area contributed by atoms with E-state index in [1.165, 1.54) is 0 Å². The van der Waals surface area contributed by atoms with Gasteiger partial charge in [0.15, 0.2) is 5.84 Å². The molecule has 0 bridgehead atoms. The van der Waals surface area contributed by atoms with Crippen molar-refractivity contribution < 1.29 is 4.74 Å². The molecule has 2 heterocycles. The van der Waals surface area contributed by atoms with Crippen molar-refractivity contribution in [2.75, 3.05) is 18.5 Å². The number of benzene rings is 2. The molecular formula is C21H22ClN7O. The number of halogens is 1. The Morgan fingerprint density at radius 1 is 1.23 bits per heavy atom. The molecule has 1 saturated heterocycles. The third-order valence-corrected chi connectivity index (χ3v) is 5.67. The van der Waals surface area contributed by atoms with E-state index < -0.39 is 5.54 Å². The Morgan fingerprint density at radius 2 is 2.07 bits per heavy atom. The number of anilines is 1. The maximum absolute atomic E-state index is 8.73. The number of azo groups is 1. The summed E-state index contributed by atoms with van der Waals surface area (Å²) < 4.78 is 5.59. The zero-order valence-corrected chi connectivity index (χ0v) is 17.4. The summed E-state index contributed by atoms with van der Waals surface area (Å²) in [5, 5.41) is 17.0. The second-order valence-electron chi connectivity index (χ2n) is 7.44. The van der Waals surface area contributed by atoms with Crippen molar-refractivity contribution in [2.24, 2.45) is 20.3 Å². The second-order valence-corrected chi connectivity index (χ2v) is 7.87. The zero-order chi connectivity index (χ0) is 21.0. The molecular weight excluding hydrogens is 402 g/mol. The number of rotatable bonds is 4. The molecule has 0 saturated carbocycles. The topological polar surface area (TPSA) is 107 Å². The normalized spacial score (nSPS) is 17.2. The van der Waals surface area contributed by atoms with Crippen LogP contribution in [-0.4, -0.2) is 24.6 Å². The number of fused-ring (bicyclic) bond motifs is 1. The number of azide groups is 1. The summed E-state index contributed by atoms with van der Waals surface area (Å²) in [6, 6.07) is 11.5. The molecule has 8 nitrogen and oxygen atoms in total. The minimum atomic E-state index is -0.426. The number of hydrogen-bond acceptors (Lipinski definition) is 6. The lowest BCUT2D eigenvalue weighted by Gasteiger charge is -2.41. The van der Waals surface area contributed by atoms with E-state index in [0.29, 0.717) is 30.6 Å². The van der Waals surface area contributed by atoms with Gasteiger partial charge in [-0.15, -0.1) is 5.11 Å². The summed E-state index contributed by atoms with van der Waals surface area (Å²) in [7, 11) is 0. The largest absolute Gasteiger partial charge is 0.381 e. The highest BCUT2D eigenvalue weighted by atomic mass is 35.5. The van der Waals surface area contributed by atoms with Crippen LogP contribution in [0.3, 0.4) is 0 Å². The molecule has 1 fully saturated rings. The van der Waals surface area contributed by atoms with Gasteiger partial charge in [0.2, 0.25) is 0 Å². The zero-order valence-electron chi connectivity index (χ0n) is 16.7. The van der Waals surface area contributed by atoms with Gasteiger partial charge in [-0.05, 0) is 41.3 Å². The number of aryl methyl sites for hydroxylation is 1. The molecule has 0 aliphatic carbocycles. The molecule has 0 unspecified atom stereocenters. The maximum Gasteiger partial charge on any atom is 0.176 e. The van der Waals surface area contributed by atoms with Crippen molar-refractivity contribution in [3.8, 4) is 0 Å². The lowest BCUT2D eigenvalue weighted by Crippen LogP contribution is -2.51. The van der Waals surface area contributed by atoms with Crippen molar-refractivity contribution in [2.45, 2.75) is 38.4 Å². The molecule has 30 heavy (non-hydrogen) atoms. The summed E-state index contributed by atoms with van der Waals surface area (Å²) in [5.41, 5.74) is 12.9. The predicted octanol–water partition coefficient (Wildman–Crippen LogP) is 6.12. The molecule has 154 valence electrons. The quantitative estimate of drug-likeness (QED) is 0.363. The van der Waals surface area contributed by atoms with Gasteiger partial charge < -0.3 is 10.1 Å². The predicted molar refractivity (Wildman–Crippen MR) is 118 cm³/mol. The van der Waals surface area contributed by atoms with Crippen LogP contribution >= 0.6 is 11.6 Å². The Morgan fingerprint density at radius 3 is 2.83 bits per heavy atom. The summed E-state index contributed by atoms with van der Waals surface area (Å²) in [6.07, 6.45) is 1.50. The van der Waals surface area contributed by atoms with Gasteiger partial charge in [0.05, 0.1) is 24.5 Å². The average Bonchev–Trinajstić information content (AvgIpc) is 2.75. The van der Waals surface area contributed by atoms with Crippen molar-refractivity contribution in [1.29, 1.82) is 0 Å². The van der Waals surface area contributed by atoms with Crippen LogP contribution in [0.1, 0.15) is 29.5 Å². The van der Waals surface area contributed by atoms with Gasteiger partial charge in [0, 0.05) is 36.0 Å². The molecule has 9 heteroatoms. The number of nitrogens with one attached hydrogen (secondary N) is 1. The van der Waals surface area contributed by atoms with Gasteiger partial charge in [-0.2, -0.15) is 5.11 Å². The molecule has 4 rings (SSSR count). The first kappa shape index (κ1) is 20.3. The van der Waals surface area contributed by atoms with Gasteiger partial charge in [0.25, 0.3) is 0 Å². The Labute approximate surface area is 179 Å². The van der Waals surface area contributed by atoms with Gasteiger partial charge in [0.1, 0.15) is 5.54 Å². The highest BCUT2D eigenvalue weighted by molar-refractivity contribution is 6.30. The molecule has 0 amide bonds. The first-order chi connectivity index (χ1) is 14.6. The SMILES string of the molecule is Cc1ccc(CN=[N+]=[N-])c2c1NC1(CCOCC1)C(N=NCc1cccc(Cl)c1)=N2. The lowest BCUT2D eigenvalue weighted by atomic mass is 9.86. The molecule has 0 atom stereocenters. The van der Waals surface area contributed by atoms with Gasteiger partial charge >= 0.3 is 0 Å². The number of ether oxygens (including phenoxy) is 1. The first-order valence-corrected chi connectivity index (χ1v) is 10.2. The fourth-order valence-electron chi connectivity index (χ4n) is 3.77. The van der Waals surface area contributed by atoms with E-state index in [4.69, 9.17) is 26.9 Å². The number of hydrogen-bond donors (Lipinski definition) is 1. The van der Waals surface area contributed by atoms with E-state index in [2.05, 4.69) is 25.6 Å². The number of amidine groups is 1. The van der Waals surface area contributed by atoms with Crippen LogP contribution in [-0.2, 0) is 17.8 Å². The fraction of sp³-hybridized carbons (Fsp3) is 0.381. The van der Waals surface area contributed by atoms with Crippen molar-refractivity contribution in [3.63, 3.8) is 0 Å². The van der Waals surface area contributed by atoms with Crippen molar-refractivity contribution in [3.05, 3.63) is 68.6 Å². The van der Waals surface area contributed by atoms with Crippen molar-refractivity contribution >= 4 is 28.8 Å². The average molecular weight is 424 g/mol. The van der Waals surface area contributed by atoms with Crippen LogP contribution in [0.5, 0.6) is 0 Å². The van der Waals surface area contributed by atoms with E-state index in [-0.39, 0.29) is 6.54 Å². The smallest absolute Gasteiger partial charge is 0.176 e. The van der Waals surface area contributed by atoms with Crippen LogP contribution in [0.2, 0.25) is 5.02 Å². The summed E-state index contributed by atoms with van der Waals surface area (Å²) in [6.45, 7) is 3.94. The second kappa shape index (κ2) is 8.83. The van der Waals surface area contributed by atoms with Gasteiger partial charge in [-0.25, -0.2) is 4.99 Å². The van der Waals surface area contributed by atoms with Gasteiger partial charge in [-0.3, -0.25) is 0 Å². The lowest BCUT2D eigenvalue weighted by molar-refractivity contribution is 0.0776. The molecule has 0 radical (unpaired) electrons. The van der Waals surface area contributed by atoms with Crippen LogP contribution in [0.15, 0.2) is 56.7 Å². The van der Waals surface area contributed by atoms with Crippen LogP contribution in [0.25, 0.3) is 10.4 Å². The van der Waals surface area contributed by atoms with Crippen LogP contribution in [0, 0.1) is 6.92 Å². The highest BCUT2D eigenvalue weighted by Gasteiger charge is 2.42. The maximum atomic E-state index is 8.73. The van der Waals surface area contributed by atoms with E-state index in [0.717, 1.165) is 40.9 Å². The number of nitrogens with zero attached hydrogens (tertiary/aromatic N) is 6. The van der Waals surface area contributed by atoms with E-state index in [1.807, 2.05) is 43.3 Å². The molecule has 1 spiro atoms. The Bertz CT molecular complexity index is 1050. The minimum Gasteiger partial charge on any atom is -0.381 e. The Kier molecular flexibility index (Phi) is 5.99. The fourth-order valence-corrected chi connectivity index (χ4v) is 3.98. The summed E-state index contributed by atoms with van der Waals surface area (Å²) in [4.78, 5) is 7.80. The number of aliphatic imine (C=N–C) groups is 1. The molecule has 2 aromatic rings. The summed E-state index contributed by atoms with van der Waals surface area (Å²) in [5.74, 6) is 0.633. The summed E-state index contributed by atoms with van der Waals surface area (Å²) >= 11 is 6.06. The third-order valence-electron chi connectivity index (χ3n) is 5.44. The van der Waals surface area contributed by atoms with Crippen LogP contribution < -0.4 is 5.32 Å². The Hall–Kier alpha value is -2.93. The van der Waals surface area contributed by atoms with Gasteiger partial charge in [-0.1, -0.05) is 41.0 Å². The molecule has 2 aliphatic heterocycles. The monoisotopic (exact) mass is 423 g/mol.